The molecular formula is C24H26ClN3O3. The van der Waals surface area contributed by atoms with Crippen molar-refractivity contribution in [2.24, 2.45) is 0 Å². The molecule has 162 valence electrons. The maximum Gasteiger partial charge on any atom is 0.273 e. The molecule has 3 rings (SSSR count). The third kappa shape index (κ3) is 5.14. The first-order valence-corrected chi connectivity index (χ1v) is 10.6. The lowest BCUT2D eigenvalue weighted by atomic mass is 10.1. The topological polar surface area (TPSA) is 68.4 Å². The van der Waals surface area contributed by atoms with Crippen molar-refractivity contribution >= 4 is 23.2 Å². The van der Waals surface area contributed by atoms with Crippen LogP contribution < -0.4 is 0 Å². The van der Waals surface area contributed by atoms with Crippen molar-refractivity contribution in [2.75, 3.05) is 0 Å². The molecule has 31 heavy (non-hydrogen) atoms. The van der Waals surface area contributed by atoms with E-state index >= 15 is 0 Å². The number of carbonyl (C=O) groups excluding carboxylic acids is 1. The Balaban J connectivity index is 1.89. The lowest BCUT2D eigenvalue weighted by molar-refractivity contribution is -0.385. The van der Waals surface area contributed by atoms with E-state index in [1.165, 1.54) is 6.07 Å². The summed E-state index contributed by atoms with van der Waals surface area (Å²) in [5, 5.41) is 12.0. The first-order valence-electron chi connectivity index (χ1n) is 10.2. The first-order chi connectivity index (χ1) is 14.8. The third-order valence-corrected chi connectivity index (χ3v) is 5.96. The Kier molecular flexibility index (Phi) is 7.13. The largest absolute Gasteiger partial charge is 0.345 e. The highest BCUT2D eigenvalue weighted by atomic mass is 35.5. The van der Waals surface area contributed by atoms with Crippen molar-refractivity contribution in [3.8, 4) is 0 Å². The number of carbonyl (C=O) groups is 1. The van der Waals surface area contributed by atoms with E-state index in [0.717, 1.165) is 17.7 Å². The van der Waals surface area contributed by atoms with Gasteiger partial charge in [0.05, 0.1) is 11.5 Å². The quantitative estimate of drug-likeness (QED) is 0.326. The summed E-state index contributed by atoms with van der Waals surface area (Å²) in [4.78, 5) is 26.0. The molecule has 1 heterocycles. The molecule has 2 aromatic carbocycles. The van der Waals surface area contributed by atoms with Crippen molar-refractivity contribution in [2.45, 2.75) is 46.3 Å². The molecule has 3 aromatic rings. The molecule has 0 fully saturated rings. The van der Waals surface area contributed by atoms with E-state index in [1.807, 2.05) is 56.4 Å². The summed E-state index contributed by atoms with van der Waals surface area (Å²) >= 11 is 6.32. The monoisotopic (exact) mass is 439 g/mol. The van der Waals surface area contributed by atoms with Gasteiger partial charge in [-0.15, -0.1) is 0 Å². The molecule has 0 bridgehead atoms. The van der Waals surface area contributed by atoms with Crippen LogP contribution in [0, 0.1) is 17.0 Å². The molecule has 1 atom stereocenters. The standard InChI is InChI=1S/C24H26ClN3O3/c1-4-18(3)27(24(29)19-12-11-17(2)23(14-19)28(30)31)16-21-9-7-13-26(21)15-20-8-5-6-10-22(20)25/h5-14,18H,4,15-16H2,1-3H3. The minimum Gasteiger partial charge on any atom is -0.345 e. The number of hydrogen-bond donors (Lipinski definition) is 0. The number of nitrogens with zero attached hydrogens (tertiary/aromatic N) is 3. The summed E-state index contributed by atoms with van der Waals surface area (Å²) < 4.78 is 2.07. The zero-order valence-corrected chi connectivity index (χ0v) is 18.7. The Morgan fingerprint density at radius 3 is 2.61 bits per heavy atom. The molecule has 1 unspecified atom stereocenters. The van der Waals surface area contributed by atoms with Gasteiger partial charge in [0.2, 0.25) is 0 Å². The van der Waals surface area contributed by atoms with E-state index in [1.54, 1.807) is 24.0 Å². The lowest BCUT2D eigenvalue weighted by Crippen LogP contribution is -2.38. The van der Waals surface area contributed by atoms with Gasteiger partial charge in [-0.25, -0.2) is 0 Å². The maximum absolute atomic E-state index is 13.4. The van der Waals surface area contributed by atoms with Crippen molar-refractivity contribution in [3.05, 3.63) is 98.3 Å². The van der Waals surface area contributed by atoms with Crippen molar-refractivity contribution in [1.82, 2.24) is 9.47 Å². The summed E-state index contributed by atoms with van der Waals surface area (Å²) in [7, 11) is 0. The summed E-state index contributed by atoms with van der Waals surface area (Å²) in [5.74, 6) is -0.219. The SMILES string of the molecule is CCC(C)N(Cc1cccn1Cc1ccccc1Cl)C(=O)c1ccc(C)c([N+](=O)[O-])c1. The molecule has 7 heteroatoms. The molecule has 0 N–H and O–H groups in total. The fraction of sp³-hybridized carbons (Fsp3) is 0.292. The van der Waals surface area contributed by atoms with Gasteiger partial charge < -0.3 is 9.47 Å². The Labute approximate surface area is 187 Å². The molecule has 0 spiro atoms. The number of rotatable bonds is 8. The zero-order chi connectivity index (χ0) is 22.5. The lowest BCUT2D eigenvalue weighted by Gasteiger charge is -2.29. The van der Waals surface area contributed by atoms with Crippen LogP contribution in [-0.4, -0.2) is 26.3 Å². The highest BCUT2D eigenvalue weighted by molar-refractivity contribution is 6.31. The van der Waals surface area contributed by atoms with Crippen molar-refractivity contribution in [1.29, 1.82) is 0 Å². The predicted molar refractivity (Wildman–Crippen MR) is 122 cm³/mol. The summed E-state index contributed by atoms with van der Waals surface area (Å²) in [6.45, 7) is 6.67. The van der Waals surface area contributed by atoms with Crippen LogP contribution in [0.25, 0.3) is 0 Å². The average molecular weight is 440 g/mol. The van der Waals surface area contributed by atoms with E-state index in [2.05, 4.69) is 4.57 Å². The molecule has 0 aliphatic heterocycles. The second kappa shape index (κ2) is 9.79. The summed E-state index contributed by atoms with van der Waals surface area (Å²) in [6, 6.07) is 16.2. The van der Waals surface area contributed by atoms with Gasteiger partial charge in [-0.05, 0) is 50.1 Å². The average Bonchev–Trinajstić information content (AvgIpc) is 3.19. The van der Waals surface area contributed by atoms with Gasteiger partial charge in [0.25, 0.3) is 11.6 Å². The van der Waals surface area contributed by atoms with Crippen molar-refractivity contribution in [3.63, 3.8) is 0 Å². The fourth-order valence-electron chi connectivity index (χ4n) is 3.49. The van der Waals surface area contributed by atoms with Gasteiger partial charge in [0, 0.05) is 46.7 Å². The minimum absolute atomic E-state index is 0.0310. The smallest absolute Gasteiger partial charge is 0.273 e. The molecule has 6 nitrogen and oxygen atoms in total. The van der Waals surface area contributed by atoms with Crippen LogP contribution in [0.2, 0.25) is 5.02 Å². The molecule has 0 aliphatic rings. The molecule has 0 radical (unpaired) electrons. The highest BCUT2D eigenvalue weighted by Crippen LogP contribution is 2.23. The van der Waals surface area contributed by atoms with Crippen LogP contribution in [0.15, 0.2) is 60.8 Å². The number of hydrogen-bond acceptors (Lipinski definition) is 3. The van der Waals surface area contributed by atoms with Gasteiger partial charge in [0.15, 0.2) is 0 Å². The number of aromatic nitrogens is 1. The van der Waals surface area contributed by atoms with Crippen LogP contribution in [0.3, 0.4) is 0 Å². The second-order valence-electron chi connectivity index (χ2n) is 7.67. The van der Waals surface area contributed by atoms with Crippen molar-refractivity contribution < 1.29 is 9.72 Å². The summed E-state index contributed by atoms with van der Waals surface area (Å²) in [5.41, 5.74) is 2.77. The van der Waals surface area contributed by atoms with E-state index in [4.69, 9.17) is 11.6 Å². The van der Waals surface area contributed by atoms with Gasteiger partial charge in [-0.2, -0.15) is 0 Å². The molecule has 0 aliphatic carbocycles. The third-order valence-electron chi connectivity index (χ3n) is 5.59. The number of halogens is 1. The van der Waals surface area contributed by atoms with Gasteiger partial charge in [0.1, 0.15) is 0 Å². The van der Waals surface area contributed by atoms with E-state index in [-0.39, 0.29) is 17.6 Å². The maximum atomic E-state index is 13.4. The second-order valence-corrected chi connectivity index (χ2v) is 8.07. The number of nitro benzene ring substituents is 1. The number of benzene rings is 2. The van der Waals surface area contributed by atoms with Crippen LogP contribution >= 0.6 is 11.6 Å². The van der Waals surface area contributed by atoms with E-state index in [0.29, 0.717) is 29.2 Å². The van der Waals surface area contributed by atoms with Gasteiger partial charge >= 0.3 is 0 Å². The first kappa shape index (κ1) is 22.6. The van der Waals surface area contributed by atoms with Gasteiger partial charge in [-0.3, -0.25) is 14.9 Å². The highest BCUT2D eigenvalue weighted by Gasteiger charge is 2.24. The molecule has 1 aromatic heterocycles. The zero-order valence-electron chi connectivity index (χ0n) is 17.9. The Bertz CT molecular complexity index is 1090. The fourth-order valence-corrected chi connectivity index (χ4v) is 3.68. The Morgan fingerprint density at radius 1 is 1.19 bits per heavy atom. The summed E-state index contributed by atoms with van der Waals surface area (Å²) in [6.07, 6.45) is 2.74. The molecular weight excluding hydrogens is 414 g/mol. The number of aryl methyl sites for hydroxylation is 1. The van der Waals surface area contributed by atoms with Crippen LogP contribution in [0.4, 0.5) is 5.69 Å². The number of amides is 1. The molecule has 1 amide bonds. The Morgan fingerprint density at radius 2 is 1.94 bits per heavy atom. The van der Waals surface area contributed by atoms with E-state index < -0.39 is 4.92 Å². The molecule has 0 saturated heterocycles. The predicted octanol–water partition coefficient (Wildman–Crippen LogP) is 5.85. The molecule has 0 saturated carbocycles. The minimum atomic E-state index is -0.450. The van der Waals surface area contributed by atoms with Crippen LogP contribution in [0.1, 0.15) is 47.4 Å². The normalized spacial score (nSPS) is 11.9. The van der Waals surface area contributed by atoms with Crippen LogP contribution in [0.5, 0.6) is 0 Å². The Hall–Kier alpha value is -3.12. The number of nitro groups is 1. The van der Waals surface area contributed by atoms with Crippen LogP contribution in [-0.2, 0) is 13.1 Å². The van der Waals surface area contributed by atoms with Gasteiger partial charge in [-0.1, -0.05) is 42.8 Å². The van der Waals surface area contributed by atoms with E-state index in [9.17, 15) is 14.9 Å².